The molecule has 0 heterocycles. The number of ether oxygens (including phenoxy) is 1. The Kier molecular flexibility index (Phi) is 3.68. The molecule has 1 aliphatic carbocycles. The summed E-state index contributed by atoms with van der Waals surface area (Å²) >= 11 is 0. The van der Waals surface area contributed by atoms with Gasteiger partial charge in [0, 0.05) is 18.9 Å². The first-order valence-electron chi connectivity index (χ1n) is 5.86. The number of methoxy groups -OCH3 is 1. The Labute approximate surface area is 98.1 Å². The summed E-state index contributed by atoms with van der Waals surface area (Å²) in [6.45, 7) is 5.13. The van der Waals surface area contributed by atoms with Crippen LogP contribution in [0.25, 0.3) is 0 Å². The van der Waals surface area contributed by atoms with Crippen molar-refractivity contribution in [2.24, 2.45) is 11.8 Å². The highest BCUT2D eigenvalue weighted by Gasteiger charge is 2.32. The van der Waals surface area contributed by atoms with Crippen molar-refractivity contribution in [1.29, 1.82) is 0 Å². The fourth-order valence-corrected chi connectivity index (χ4v) is 2.45. The first-order valence-corrected chi connectivity index (χ1v) is 5.86. The summed E-state index contributed by atoms with van der Waals surface area (Å²) in [6.07, 6.45) is 5.65. The fraction of sp³-hybridized carbons (Fsp3) is 0.400. The Morgan fingerprint density at radius 3 is 2.75 bits per heavy atom. The van der Waals surface area contributed by atoms with Crippen LogP contribution in [0.15, 0.2) is 42.5 Å². The molecule has 1 heteroatoms. The summed E-state index contributed by atoms with van der Waals surface area (Å²) in [5.41, 5.74) is 1.36. The SMILES string of the molecule is [CH2+]C1C(COC)CC=CC1c1ccccc1. The van der Waals surface area contributed by atoms with Gasteiger partial charge in [-0.2, -0.15) is 0 Å². The lowest BCUT2D eigenvalue weighted by molar-refractivity contribution is 0.125. The van der Waals surface area contributed by atoms with Crippen LogP contribution in [-0.4, -0.2) is 13.7 Å². The topological polar surface area (TPSA) is 9.23 Å². The molecule has 1 aromatic carbocycles. The van der Waals surface area contributed by atoms with E-state index in [4.69, 9.17) is 4.74 Å². The van der Waals surface area contributed by atoms with Gasteiger partial charge in [0.1, 0.15) is 5.92 Å². The largest absolute Gasteiger partial charge is 0.384 e. The van der Waals surface area contributed by atoms with E-state index in [1.54, 1.807) is 7.11 Å². The summed E-state index contributed by atoms with van der Waals surface area (Å²) in [5.74, 6) is 1.39. The van der Waals surface area contributed by atoms with Crippen molar-refractivity contribution in [1.82, 2.24) is 0 Å². The van der Waals surface area contributed by atoms with Crippen molar-refractivity contribution in [3.63, 3.8) is 0 Å². The van der Waals surface area contributed by atoms with E-state index in [9.17, 15) is 0 Å². The van der Waals surface area contributed by atoms with Gasteiger partial charge in [-0.25, -0.2) is 0 Å². The van der Waals surface area contributed by atoms with Gasteiger partial charge in [-0.15, -0.1) is 0 Å². The molecule has 0 bridgehead atoms. The normalized spacial score (nSPS) is 29.2. The van der Waals surface area contributed by atoms with E-state index in [1.807, 2.05) is 0 Å². The van der Waals surface area contributed by atoms with Gasteiger partial charge in [-0.1, -0.05) is 42.5 Å². The van der Waals surface area contributed by atoms with Crippen molar-refractivity contribution in [3.8, 4) is 0 Å². The van der Waals surface area contributed by atoms with E-state index in [2.05, 4.69) is 49.4 Å². The molecule has 1 aliphatic rings. The molecule has 16 heavy (non-hydrogen) atoms. The molecule has 0 N–H and O–H groups in total. The second kappa shape index (κ2) is 5.22. The summed E-state index contributed by atoms with van der Waals surface area (Å²) in [4.78, 5) is 0. The molecule has 2 rings (SSSR count). The quantitative estimate of drug-likeness (QED) is 0.554. The Bertz CT molecular complexity index is 342. The molecule has 0 radical (unpaired) electrons. The Balaban J connectivity index is 2.16. The van der Waals surface area contributed by atoms with Crippen LogP contribution in [0.2, 0.25) is 0 Å². The third-order valence-electron chi connectivity index (χ3n) is 3.41. The summed E-state index contributed by atoms with van der Waals surface area (Å²) in [7, 11) is 1.77. The molecule has 0 saturated heterocycles. The van der Waals surface area contributed by atoms with E-state index in [1.165, 1.54) is 5.56 Å². The predicted molar refractivity (Wildman–Crippen MR) is 67.2 cm³/mol. The second-order valence-electron chi connectivity index (χ2n) is 4.48. The molecule has 1 nitrogen and oxygen atoms in total. The van der Waals surface area contributed by atoms with Crippen LogP contribution < -0.4 is 0 Å². The van der Waals surface area contributed by atoms with Gasteiger partial charge < -0.3 is 4.74 Å². The molecular weight excluding hydrogens is 196 g/mol. The molecule has 0 aromatic heterocycles. The maximum Gasteiger partial charge on any atom is 0.111 e. The van der Waals surface area contributed by atoms with Crippen molar-refractivity contribution in [2.75, 3.05) is 13.7 Å². The van der Waals surface area contributed by atoms with Crippen molar-refractivity contribution in [3.05, 3.63) is 55.0 Å². The Hall–Kier alpha value is -1.21. The molecule has 0 saturated carbocycles. The van der Waals surface area contributed by atoms with E-state index in [0.29, 0.717) is 17.8 Å². The third kappa shape index (κ3) is 2.30. The van der Waals surface area contributed by atoms with Crippen LogP contribution in [-0.2, 0) is 4.74 Å². The van der Waals surface area contributed by atoms with Gasteiger partial charge in [-0.3, -0.25) is 0 Å². The van der Waals surface area contributed by atoms with Gasteiger partial charge in [0.15, 0.2) is 0 Å². The molecule has 0 aliphatic heterocycles. The molecule has 1 aromatic rings. The monoisotopic (exact) mass is 215 g/mol. The van der Waals surface area contributed by atoms with E-state index < -0.39 is 0 Å². The number of hydrogen-bond donors (Lipinski definition) is 0. The van der Waals surface area contributed by atoms with Gasteiger partial charge >= 0.3 is 0 Å². The highest BCUT2D eigenvalue weighted by atomic mass is 16.5. The lowest BCUT2D eigenvalue weighted by atomic mass is 9.74. The van der Waals surface area contributed by atoms with Gasteiger partial charge in [-0.05, 0) is 12.0 Å². The zero-order valence-electron chi connectivity index (χ0n) is 9.80. The zero-order chi connectivity index (χ0) is 11.4. The van der Waals surface area contributed by atoms with Crippen LogP contribution in [0, 0.1) is 18.8 Å². The van der Waals surface area contributed by atoms with Gasteiger partial charge in [0.2, 0.25) is 0 Å². The van der Waals surface area contributed by atoms with Crippen molar-refractivity contribution in [2.45, 2.75) is 12.3 Å². The number of benzene rings is 1. The molecule has 3 atom stereocenters. The van der Waals surface area contributed by atoms with Crippen LogP contribution in [0.4, 0.5) is 0 Å². The van der Waals surface area contributed by atoms with E-state index >= 15 is 0 Å². The number of rotatable bonds is 3. The average molecular weight is 215 g/mol. The van der Waals surface area contributed by atoms with E-state index in [-0.39, 0.29) is 0 Å². The summed E-state index contributed by atoms with van der Waals surface area (Å²) in [6, 6.07) is 10.6. The minimum absolute atomic E-state index is 0.410. The fourth-order valence-electron chi connectivity index (χ4n) is 2.45. The van der Waals surface area contributed by atoms with Gasteiger partial charge in [0.05, 0.1) is 13.5 Å². The maximum atomic E-state index is 5.26. The third-order valence-corrected chi connectivity index (χ3v) is 3.41. The standard InChI is InChI=1S/C15H19O/c1-12-14(11-16-2)9-6-10-15(12)13-7-4-3-5-8-13/h3-8,10,12,14-15H,1,9,11H2,2H3/q+1. The van der Waals surface area contributed by atoms with Crippen LogP contribution in [0.3, 0.4) is 0 Å². The Morgan fingerprint density at radius 1 is 1.31 bits per heavy atom. The molecule has 3 unspecified atom stereocenters. The van der Waals surface area contributed by atoms with Gasteiger partial charge in [0.25, 0.3) is 0 Å². The van der Waals surface area contributed by atoms with Crippen LogP contribution >= 0.6 is 0 Å². The molecule has 0 spiro atoms. The maximum absolute atomic E-state index is 5.26. The van der Waals surface area contributed by atoms with Crippen molar-refractivity contribution >= 4 is 0 Å². The lowest BCUT2D eigenvalue weighted by Crippen LogP contribution is -2.25. The highest BCUT2D eigenvalue weighted by molar-refractivity contribution is 5.27. The minimum atomic E-state index is 0.410. The first-order chi connectivity index (χ1) is 7.83. The second-order valence-corrected chi connectivity index (χ2v) is 4.48. The lowest BCUT2D eigenvalue weighted by Gasteiger charge is -2.27. The molecule has 84 valence electrons. The summed E-state index contributed by atoms with van der Waals surface area (Å²) < 4.78 is 5.26. The number of allylic oxidation sites excluding steroid dienone is 2. The predicted octanol–water partition coefficient (Wildman–Crippen LogP) is 3.44. The van der Waals surface area contributed by atoms with Crippen molar-refractivity contribution < 1.29 is 4.74 Å². The van der Waals surface area contributed by atoms with E-state index in [0.717, 1.165) is 13.0 Å². The number of hydrogen-bond acceptors (Lipinski definition) is 1. The smallest absolute Gasteiger partial charge is 0.111 e. The zero-order valence-corrected chi connectivity index (χ0v) is 9.80. The Morgan fingerprint density at radius 2 is 2.06 bits per heavy atom. The first kappa shape index (κ1) is 11.3. The average Bonchev–Trinajstić information content (AvgIpc) is 2.33. The molecule has 0 fully saturated rings. The summed E-state index contributed by atoms with van der Waals surface area (Å²) in [5, 5.41) is 0. The van der Waals surface area contributed by atoms with Crippen LogP contribution in [0.1, 0.15) is 17.9 Å². The molecule has 0 amide bonds. The highest BCUT2D eigenvalue weighted by Crippen LogP contribution is 2.36. The molecular formula is C15H19O+. The van der Waals surface area contributed by atoms with Crippen LogP contribution in [0.5, 0.6) is 0 Å². The minimum Gasteiger partial charge on any atom is -0.384 e.